The molecule has 146 valence electrons. The van der Waals surface area contributed by atoms with Crippen molar-refractivity contribution in [3.05, 3.63) is 60.2 Å². The minimum atomic E-state index is -0.920. The first-order valence-electron chi connectivity index (χ1n) is 9.61. The number of pyridine rings is 2. The second-order valence-electron chi connectivity index (χ2n) is 7.38. The maximum atomic E-state index is 13.5. The molecule has 4 rings (SSSR count). The van der Waals surface area contributed by atoms with Gasteiger partial charge in [-0.2, -0.15) is 5.26 Å². The number of imide groups is 1. The zero-order valence-corrected chi connectivity index (χ0v) is 15.9. The van der Waals surface area contributed by atoms with Crippen LogP contribution < -0.4 is 0 Å². The highest BCUT2D eigenvalue weighted by Gasteiger charge is 2.58. The van der Waals surface area contributed by atoms with Gasteiger partial charge in [0.05, 0.1) is 18.8 Å². The highest BCUT2D eigenvalue weighted by Crippen LogP contribution is 2.42. The van der Waals surface area contributed by atoms with E-state index in [-0.39, 0.29) is 25.4 Å². The third-order valence-corrected chi connectivity index (χ3v) is 5.71. The molecule has 0 aliphatic carbocycles. The zero-order valence-electron chi connectivity index (χ0n) is 15.9. The molecule has 1 spiro atoms. The number of aromatic nitrogens is 2. The van der Waals surface area contributed by atoms with Gasteiger partial charge in [0.15, 0.2) is 0 Å². The Morgan fingerprint density at radius 3 is 2.62 bits per heavy atom. The van der Waals surface area contributed by atoms with E-state index >= 15 is 0 Å². The van der Waals surface area contributed by atoms with E-state index < -0.39 is 5.54 Å². The van der Waals surface area contributed by atoms with Crippen molar-refractivity contribution in [3.63, 3.8) is 0 Å². The third kappa shape index (κ3) is 3.54. The van der Waals surface area contributed by atoms with Crippen molar-refractivity contribution in [2.24, 2.45) is 0 Å². The summed E-state index contributed by atoms with van der Waals surface area (Å²) in [6, 6.07) is 8.82. The van der Waals surface area contributed by atoms with Gasteiger partial charge in [0.2, 0.25) is 0 Å². The lowest BCUT2D eigenvalue weighted by Crippen LogP contribution is -2.52. The minimum absolute atomic E-state index is 0.141. The molecule has 2 saturated heterocycles. The highest BCUT2D eigenvalue weighted by molar-refractivity contribution is 6.52. The van der Waals surface area contributed by atoms with Gasteiger partial charge < -0.3 is 9.55 Å². The van der Waals surface area contributed by atoms with E-state index in [1.165, 1.54) is 4.90 Å². The van der Waals surface area contributed by atoms with Gasteiger partial charge in [0.25, 0.3) is 12.2 Å². The van der Waals surface area contributed by atoms with Crippen LogP contribution in [0.15, 0.2) is 48.9 Å². The minimum Gasteiger partial charge on any atom is -0.498 e. The number of carbonyl (C=O) groups excluding carboxylic acids is 2. The van der Waals surface area contributed by atoms with Crippen LogP contribution in [0.3, 0.4) is 0 Å². The van der Waals surface area contributed by atoms with Crippen molar-refractivity contribution in [1.29, 1.82) is 5.26 Å². The molecule has 2 aliphatic heterocycles. The predicted molar refractivity (Wildman–Crippen MR) is 104 cm³/mol. The van der Waals surface area contributed by atoms with Gasteiger partial charge in [0, 0.05) is 18.6 Å². The fraction of sp³-hybridized carbons (Fsp3) is 0.350. The van der Waals surface area contributed by atoms with Gasteiger partial charge in [0.1, 0.15) is 5.54 Å². The molecule has 2 fully saturated rings. The third-order valence-electron chi connectivity index (χ3n) is 5.71. The lowest BCUT2D eigenvalue weighted by atomic mass is 9.52. The van der Waals surface area contributed by atoms with E-state index in [1.54, 1.807) is 41.9 Å². The summed E-state index contributed by atoms with van der Waals surface area (Å²) in [5, 5.41) is 8.80. The normalized spacial score (nSPS) is 18.2. The van der Waals surface area contributed by atoms with Crippen LogP contribution in [0.4, 0.5) is 4.79 Å². The lowest BCUT2D eigenvalue weighted by Gasteiger charge is -2.39. The summed E-state index contributed by atoms with van der Waals surface area (Å²) in [7, 11) is 0. The summed E-state index contributed by atoms with van der Waals surface area (Å²) in [5.41, 5.74) is 0.606. The molecule has 9 heteroatoms. The second kappa shape index (κ2) is 7.91. The molecule has 8 nitrogen and oxygen atoms in total. The summed E-state index contributed by atoms with van der Waals surface area (Å²) >= 11 is 0. The summed E-state index contributed by atoms with van der Waals surface area (Å²) in [6.45, 7) is 0.238. The molecule has 2 aromatic rings. The first kappa shape index (κ1) is 18.9. The quantitative estimate of drug-likeness (QED) is 0.443. The molecule has 0 radical (unpaired) electrons. The van der Waals surface area contributed by atoms with Crippen LogP contribution >= 0.6 is 0 Å². The first-order valence-corrected chi connectivity index (χ1v) is 9.61. The molecule has 2 aliphatic rings. The largest absolute Gasteiger partial charge is 0.498 e. The van der Waals surface area contributed by atoms with Crippen molar-refractivity contribution < 1.29 is 14.2 Å². The van der Waals surface area contributed by atoms with Gasteiger partial charge in [-0.1, -0.05) is 12.1 Å². The maximum Gasteiger partial charge on any atom is 0.373 e. The van der Waals surface area contributed by atoms with Crippen LogP contribution in [0.5, 0.6) is 0 Å². The maximum absolute atomic E-state index is 13.5. The summed E-state index contributed by atoms with van der Waals surface area (Å²) in [6.07, 6.45) is 8.78. The molecule has 2 aromatic heterocycles. The van der Waals surface area contributed by atoms with Gasteiger partial charge in [-0.3, -0.25) is 19.7 Å². The Morgan fingerprint density at radius 2 is 1.97 bits per heavy atom. The number of hydrogen-bond donors (Lipinski definition) is 0. The molecule has 0 bridgehead atoms. The van der Waals surface area contributed by atoms with E-state index in [0.29, 0.717) is 37.7 Å². The Labute approximate surface area is 169 Å². The van der Waals surface area contributed by atoms with Gasteiger partial charge in [-0.15, -0.1) is 0 Å². The molecular formula is C20H20BN5O3. The number of hydrogen-bond acceptors (Lipinski definition) is 6. The van der Waals surface area contributed by atoms with Crippen LogP contribution in [-0.2, 0) is 22.5 Å². The van der Waals surface area contributed by atoms with Crippen LogP contribution in [-0.4, -0.2) is 44.2 Å². The monoisotopic (exact) mass is 389 g/mol. The van der Waals surface area contributed by atoms with E-state index in [4.69, 9.17) is 9.92 Å². The highest BCUT2D eigenvalue weighted by atomic mass is 16.4. The topological polar surface area (TPSA) is 99.4 Å². The zero-order chi connectivity index (χ0) is 20.3. The van der Waals surface area contributed by atoms with Crippen LogP contribution in [0, 0.1) is 11.5 Å². The molecule has 4 heterocycles. The van der Waals surface area contributed by atoms with Crippen LogP contribution in [0.2, 0.25) is 12.6 Å². The number of nitrogens with zero attached hydrogens (tertiary/aromatic N) is 5. The molecule has 0 N–H and O–H groups in total. The van der Waals surface area contributed by atoms with Crippen molar-refractivity contribution in [1.82, 2.24) is 19.8 Å². The first-order chi connectivity index (χ1) is 14.1. The Balaban J connectivity index is 1.63. The fourth-order valence-corrected chi connectivity index (χ4v) is 4.21. The van der Waals surface area contributed by atoms with Crippen molar-refractivity contribution >= 4 is 18.9 Å². The Morgan fingerprint density at radius 1 is 1.14 bits per heavy atom. The van der Waals surface area contributed by atoms with Gasteiger partial charge >= 0.3 is 12.9 Å². The summed E-state index contributed by atoms with van der Waals surface area (Å²) in [5.74, 6) is -0.201. The molecular weight excluding hydrogens is 369 g/mol. The van der Waals surface area contributed by atoms with Crippen molar-refractivity contribution in [2.45, 2.75) is 44.1 Å². The number of nitriles is 1. The molecule has 0 atom stereocenters. The molecule has 0 saturated carbocycles. The molecule has 0 unspecified atom stereocenters. The van der Waals surface area contributed by atoms with E-state index in [0.717, 1.165) is 5.56 Å². The Hall–Kier alpha value is -3.41. The fourth-order valence-electron chi connectivity index (χ4n) is 4.21. The van der Waals surface area contributed by atoms with E-state index in [2.05, 4.69) is 9.97 Å². The standard InChI is InChI=1S/C20H20BN5O3/c22-15-29-21-8-6-20(7-9-21)18(27)25(14-17-5-1-2-11-24-17)19(28)26(20)13-16-4-3-10-23-12-16/h1-5,10-12H,6-9,13-14H2. The average Bonchev–Trinajstić information content (AvgIpc) is 2.94. The van der Waals surface area contributed by atoms with E-state index in [9.17, 15) is 9.59 Å². The number of urea groups is 1. The molecule has 3 amide bonds. The second-order valence-corrected chi connectivity index (χ2v) is 7.38. The Bertz CT molecular complexity index is 926. The average molecular weight is 389 g/mol. The van der Waals surface area contributed by atoms with Crippen LogP contribution in [0.25, 0.3) is 0 Å². The number of carbonyl (C=O) groups is 2. The Kier molecular flexibility index (Phi) is 5.17. The van der Waals surface area contributed by atoms with Gasteiger partial charge in [-0.25, -0.2) is 4.79 Å². The SMILES string of the molecule is N#COB1CCC2(CC1)C(=O)N(Cc1ccccn1)C(=O)N2Cc1cccnc1. The smallest absolute Gasteiger partial charge is 0.373 e. The summed E-state index contributed by atoms with van der Waals surface area (Å²) < 4.78 is 5.08. The lowest BCUT2D eigenvalue weighted by molar-refractivity contribution is -0.134. The predicted octanol–water partition coefficient (Wildman–Crippen LogP) is 2.46. The van der Waals surface area contributed by atoms with E-state index in [1.807, 2.05) is 18.2 Å². The molecule has 0 aromatic carbocycles. The summed E-state index contributed by atoms with van der Waals surface area (Å²) in [4.78, 5) is 38.1. The van der Waals surface area contributed by atoms with Crippen molar-refractivity contribution in [2.75, 3.05) is 0 Å². The van der Waals surface area contributed by atoms with Gasteiger partial charge in [-0.05, 0) is 49.2 Å². The number of rotatable bonds is 5. The van der Waals surface area contributed by atoms with Crippen LogP contribution in [0.1, 0.15) is 24.1 Å². The van der Waals surface area contributed by atoms with Crippen molar-refractivity contribution in [3.8, 4) is 6.26 Å². The number of amides is 3. The molecule has 29 heavy (non-hydrogen) atoms.